The minimum atomic E-state index is -5.48. The summed E-state index contributed by atoms with van der Waals surface area (Å²) in [7, 11) is 0. The summed E-state index contributed by atoms with van der Waals surface area (Å²) in [5, 5.41) is 18.3. The van der Waals surface area contributed by atoms with E-state index in [-0.39, 0.29) is 38.3 Å². The summed E-state index contributed by atoms with van der Waals surface area (Å²) in [6.45, 7) is 16.8. The van der Waals surface area contributed by atoms with E-state index in [1.807, 2.05) is 0 Å². The number of benzene rings is 3. The number of thioether (sulfide) groups is 1. The van der Waals surface area contributed by atoms with Gasteiger partial charge in [0.25, 0.3) is 0 Å². The molecule has 0 radical (unpaired) electrons. The van der Waals surface area contributed by atoms with Gasteiger partial charge < -0.3 is 9.47 Å². The number of hydrogen-bond donors (Lipinski definition) is 0. The van der Waals surface area contributed by atoms with Crippen molar-refractivity contribution >= 4 is 22.9 Å². The molecule has 0 heterocycles. The first kappa shape index (κ1) is 35.5. The van der Waals surface area contributed by atoms with Crippen LogP contribution in [0.25, 0.3) is 20.8 Å². The number of nitrogens with zero attached hydrogens (tertiary/aromatic N) is 4. The van der Waals surface area contributed by atoms with Crippen LogP contribution in [0.15, 0.2) is 76.0 Å². The molecule has 0 bridgehead atoms. The van der Waals surface area contributed by atoms with E-state index in [0.717, 1.165) is 24.3 Å². The molecule has 0 unspecified atom stereocenters. The van der Waals surface area contributed by atoms with Crippen molar-refractivity contribution in [1.82, 2.24) is 0 Å². The van der Waals surface area contributed by atoms with E-state index in [4.69, 9.17) is 13.1 Å². The lowest BCUT2D eigenvalue weighted by Gasteiger charge is -2.19. The van der Waals surface area contributed by atoms with Gasteiger partial charge in [-0.05, 0) is 58.7 Å². The number of fused-ring (bicyclic) bond motifs is 2. The van der Waals surface area contributed by atoms with Crippen molar-refractivity contribution in [2.45, 2.75) is 42.9 Å². The van der Waals surface area contributed by atoms with Gasteiger partial charge in [-0.15, -0.1) is 26.3 Å². The molecule has 0 amide bonds. The van der Waals surface area contributed by atoms with Crippen LogP contribution in [0.3, 0.4) is 0 Å². The van der Waals surface area contributed by atoms with E-state index < -0.39 is 87.3 Å². The highest BCUT2D eigenvalue weighted by Gasteiger charge is 2.43. The summed E-state index contributed by atoms with van der Waals surface area (Å²) in [5.41, 5.74) is -7.01. The molecule has 3 aromatic rings. The Labute approximate surface area is 280 Å². The zero-order valence-electron chi connectivity index (χ0n) is 24.9. The highest BCUT2D eigenvalue weighted by atomic mass is 32.2. The predicted molar refractivity (Wildman–Crippen MR) is 160 cm³/mol. The second-order valence-electron chi connectivity index (χ2n) is 10.6. The average molecular weight is 715 g/mol. The molecule has 0 aliphatic heterocycles. The standard InChI is InChI=1S/C34H15F9N4O2S/c1-16-4-6-17(7-5-16)26-24(31(46-2)47-3)13-23-28(26)29(48-32(35,36)37)22-12-21(19(14-44)15-45)25(27(22)30(23)49-33(38,39)40)18-8-10-20(11-9-18)50-34(41,42)43/h4-11H,12-13H2,1H3. The molecular formula is C34H15F9N4O2S. The van der Waals surface area contributed by atoms with E-state index in [1.165, 1.54) is 12.1 Å². The first-order valence-corrected chi connectivity index (χ1v) is 14.6. The molecule has 5 rings (SSSR count). The first-order chi connectivity index (χ1) is 23.4. The van der Waals surface area contributed by atoms with Crippen molar-refractivity contribution in [1.29, 1.82) is 10.5 Å². The van der Waals surface area contributed by atoms with Crippen LogP contribution in [0.2, 0.25) is 0 Å². The van der Waals surface area contributed by atoms with Gasteiger partial charge in [0.2, 0.25) is 0 Å². The van der Waals surface area contributed by atoms with Gasteiger partial charge in [-0.3, -0.25) is 0 Å². The molecule has 6 nitrogen and oxygen atoms in total. The van der Waals surface area contributed by atoms with Crippen LogP contribution >= 0.6 is 11.8 Å². The topological polar surface area (TPSA) is 74.8 Å². The van der Waals surface area contributed by atoms with Gasteiger partial charge in [0.15, 0.2) is 0 Å². The third-order valence-corrected chi connectivity index (χ3v) is 8.32. The molecule has 0 spiro atoms. The number of alkyl halides is 9. The molecule has 0 atom stereocenters. The Kier molecular flexibility index (Phi) is 9.14. The van der Waals surface area contributed by atoms with Gasteiger partial charge in [-0.1, -0.05) is 42.0 Å². The van der Waals surface area contributed by atoms with Gasteiger partial charge in [-0.2, -0.15) is 33.4 Å². The second kappa shape index (κ2) is 12.9. The summed E-state index contributed by atoms with van der Waals surface area (Å²) in [6.07, 6.45) is -12.4. The van der Waals surface area contributed by atoms with Crippen LogP contribution in [0.1, 0.15) is 27.8 Å². The molecule has 0 saturated carbocycles. The van der Waals surface area contributed by atoms with Crippen LogP contribution in [0.4, 0.5) is 39.5 Å². The number of nitriles is 2. The molecule has 2 aliphatic carbocycles. The molecular weight excluding hydrogens is 699 g/mol. The van der Waals surface area contributed by atoms with Crippen molar-refractivity contribution in [3.63, 3.8) is 0 Å². The number of aryl methyl sites for hydroxylation is 1. The maximum atomic E-state index is 14.2. The third-order valence-electron chi connectivity index (χ3n) is 7.58. The van der Waals surface area contributed by atoms with E-state index in [9.17, 15) is 50.0 Å². The molecule has 2 aliphatic rings. The van der Waals surface area contributed by atoms with Gasteiger partial charge in [0, 0.05) is 39.3 Å². The molecule has 0 fully saturated rings. The lowest BCUT2D eigenvalue weighted by atomic mass is 9.95. The lowest BCUT2D eigenvalue weighted by molar-refractivity contribution is -0.277. The number of rotatable bonds is 5. The second-order valence-corrected chi connectivity index (χ2v) is 11.7. The third kappa shape index (κ3) is 6.98. The highest BCUT2D eigenvalue weighted by Crippen LogP contribution is 2.44. The van der Waals surface area contributed by atoms with E-state index >= 15 is 0 Å². The normalized spacial score (nSPS) is 13.9. The fourth-order valence-electron chi connectivity index (χ4n) is 5.86. The Morgan fingerprint density at radius 2 is 1.12 bits per heavy atom. The van der Waals surface area contributed by atoms with Crippen molar-refractivity contribution in [3.05, 3.63) is 132 Å². The van der Waals surface area contributed by atoms with Crippen LogP contribution in [0, 0.1) is 42.7 Å². The molecule has 50 heavy (non-hydrogen) atoms. The zero-order valence-corrected chi connectivity index (χ0v) is 25.8. The number of ether oxygens (including phenoxy) is 2. The fourth-order valence-corrected chi connectivity index (χ4v) is 6.40. The fraction of sp³-hybridized carbons (Fsp3) is 0.176. The maximum absolute atomic E-state index is 14.2. The molecule has 16 heteroatoms. The number of hydrogen-bond acceptors (Lipinski definition) is 5. The molecule has 3 aromatic carbocycles. The zero-order chi connectivity index (χ0) is 36.8. The summed E-state index contributed by atoms with van der Waals surface area (Å²) in [5.74, 6) is -2.73. The van der Waals surface area contributed by atoms with Gasteiger partial charge >= 0.3 is 24.1 Å². The van der Waals surface area contributed by atoms with E-state index in [2.05, 4.69) is 19.2 Å². The van der Waals surface area contributed by atoms with Crippen LogP contribution in [0.5, 0.6) is 11.5 Å². The van der Waals surface area contributed by atoms with Crippen LogP contribution in [-0.2, 0) is 12.8 Å². The van der Waals surface area contributed by atoms with Crippen molar-refractivity contribution < 1.29 is 49.0 Å². The van der Waals surface area contributed by atoms with Crippen LogP contribution in [-0.4, -0.2) is 18.2 Å². The molecule has 0 aromatic heterocycles. The van der Waals surface area contributed by atoms with Crippen molar-refractivity contribution in [3.8, 4) is 23.6 Å². The van der Waals surface area contributed by atoms with Gasteiger partial charge in [-0.25, -0.2) is 0 Å². The predicted octanol–water partition coefficient (Wildman–Crippen LogP) is 8.31. The Morgan fingerprint density at radius 3 is 1.52 bits per heavy atom. The van der Waals surface area contributed by atoms with Crippen molar-refractivity contribution in [2.24, 2.45) is 0 Å². The van der Waals surface area contributed by atoms with E-state index in [0.29, 0.717) is 5.56 Å². The molecule has 0 N–H and O–H groups in total. The number of allylic oxidation sites excluding steroid dienone is 3. The van der Waals surface area contributed by atoms with Crippen LogP contribution < -0.4 is 19.9 Å². The minimum absolute atomic E-state index is 0.129. The Morgan fingerprint density at radius 1 is 0.700 bits per heavy atom. The highest BCUT2D eigenvalue weighted by molar-refractivity contribution is 8.00. The van der Waals surface area contributed by atoms with Gasteiger partial charge in [0.05, 0.1) is 5.57 Å². The largest absolute Gasteiger partial charge is 0.573 e. The molecule has 0 saturated heterocycles. The van der Waals surface area contributed by atoms with Crippen molar-refractivity contribution in [2.75, 3.05) is 0 Å². The minimum Gasteiger partial charge on any atom is -0.405 e. The molecule has 252 valence electrons. The summed E-state index contributed by atoms with van der Waals surface area (Å²) in [4.78, 5) is 5.99. The van der Waals surface area contributed by atoms with Gasteiger partial charge in [0.1, 0.15) is 42.4 Å². The quantitative estimate of drug-likeness (QED) is 0.115. The maximum Gasteiger partial charge on any atom is 0.573 e. The van der Waals surface area contributed by atoms with E-state index in [1.54, 1.807) is 31.2 Å². The Balaban J connectivity index is 2.08. The number of halogens is 9. The monoisotopic (exact) mass is 714 g/mol. The Bertz CT molecular complexity index is 2260. The summed E-state index contributed by atoms with van der Waals surface area (Å²) < 4.78 is 134. The average Bonchev–Trinajstić information content (AvgIpc) is 3.60. The first-order valence-electron chi connectivity index (χ1n) is 13.8. The summed E-state index contributed by atoms with van der Waals surface area (Å²) in [6, 6.07) is 13.2. The SMILES string of the molecule is [C-]#[N+]C([N+]#[C-])=C1Cc2c(OC(F)(F)F)c3c(c(OC(F)(F)F)c2=C1c1ccc(C)cc1)CC(=C(C#N)C#N)C=3c1ccc(SC(F)(F)F)cc1. The Hall–Kier alpha value is -5.84. The lowest BCUT2D eigenvalue weighted by Crippen LogP contribution is -2.32. The smallest absolute Gasteiger partial charge is 0.405 e. The summed E-state index contributed by atoms with van der Waals surface area (Å²) >= 11 is -0.505.